The standard InChI is InChI=1S/C26H22N4OS2.C3H7NO/c27-13-19-17-9-4-5-12-22(17)33-26(19)30-23(31)15-32-25-20(14-28)24(16-7-2-1-3-8-16)18-10-6-11-21(18)29-25;1-4(2)3-5/h1-3,7-8H,4-6,9-12,15H2,(H,30,31);3H,1-2H3. The van der Waals surface area contributed by atoms with Crippen molar-refractivity contribution in [3.8, 4) is 23.3 Å². The van der Waals surface area contributed by atoms with Crippen molar-refractivity contribution in [1.82, 2.24) is 9.88 Å². The van der Waals surface area contributed by atoms with Gasteiger partial charge in [-0.3, -0.25) is 9.59 Å². The maximum Gasteiger partial charge on any atom is 0.235 e. The average Bonchev–Trinajstić information content (AvgIpc) is 3.55. The van der Waals surface area contributed by atoms with Crippen molar-refractivity contribution < 1.29 is 9.59 Å². The molecule has 7 nitrogen and oxygen atoms in total. The minimum absolute atomic E-state index is 0.141. The lowest BCUT2D eigenvalue weighted by Crippen LogP contribution is -2.14. The van der Waals surface area contributed by atoms with E-state index in [1.807, 2.05) is 30.3 Å². The Morgan fingerprint density at radius 3 is 2.42 bits per heavy atom. The van der Waals surface area contributed by atoms with Crippen molar-refractivity contribution in [2.24, 2.45) is 0 Å². The molecule has 0 atom stereocenters. The Balaban J connectivity index is 0.000000617. The van der Waals surface area contributed by atoms with Crippen molar-refractivity contribution in [1.29, 1.82) is 10.5 Å². The van der Waals surface area contributed by atoms with Gasteiger partial charge in [-0.25, -0.2) is 4.98 Å². The number of rotatable bonds is 6. The quantitative estimate of drug-likeness (QED) is 0.331. The summed E-state index contributed by atoms with van der Waals surface area (Å²) in [5.74, 6) is -0.0372. The van der Waals surface area contributed by atoms with E-state index >= 15 is 0 Å². The van der Waals surface area contributed by atoms with Crippen LogP contribution in [0.5, 0.6) is 0 Å². The molecule has 1 N–H and O–H groups in total. The molecule has 0 spiro atoms. The van der Waals surface area contributed by atoms with Crippen LogP contribution in [0.3, 0.4) is 0 Å². The molecule has 2 amide bonds. The number of anilines is 1. The molecule has 2 aliphatic carbocycles. The number of benzene rings is 1. The number of thioether (sulfide) groups is 1. The van der Waals surface area contributed by atoms with Crippen molar-refractivity contribution in [3.05, 3.63) is 63.2 Å². The number of carbonyl (C=O) groups excluding carboxylic acids is 2. The number of carbonyl (C=O) groups is 2. The second-order valence-electron chi connectivity index (χ2n) is 9.36. The van der Waals surface area contributed by atoms with Gasteiger partial charge in [0.15, 0.2) is 0 Å². The Morgan fingerprint density at radius 1 is 1.05 bits per heavy atom. The molecular formula is C29H29N5O2S2. The van der Waals surface area contributed by atoms with Gasteiger partial charge in [-0.05, 0) is 61.6 Å². The van der Waals surface area contributed by atoms with E-state index in [-0.39, 0.29) is 11.7 Å². The first-order chi connectivity index (χ1) is 18.5. The minimum Gasteiger partial charge on any atom is -0.351 e. The number of fused-ring (bicyclic) bond motifs is 2. The monoisotopic (exact) mass is 543 g/mol. The van der Waals surface area contributed by atoms with Gasteiger partial charge >= 0.3 is 0 Å². The third-order valence-electron chi connectivity index (χ3n) is 6.45. The fourth-order valence-electron chi connectivity index (χ4n) is 4.76. The molecule has 194 valence electrons. The van der Waals surface area contributed by atoms with Crippen LogP contribution in [0, 0.1) is 22.7 Å². The zero-order valence-electron chi connectivity index (χ0n) is 21.5. The van der Waals surface area contributed by atoms with Gasteiger partial charge in [0, 0.05) is 30.2 Å². The van der Waals surface area contributed by atoms with Crippen LogP contribution in [-0.2, 0) is 35.3 Å². The number of nitriles is 2. The third-order valence-corrected chi connectivity index (χ3v) is 8.63. The first kappa shape index (κ1) is 27.4. The van der Waals surface area contributed by atoms with Crippen molar-refractivity contribution in [3.63, 3.8) is 0 Å². The van der Waals surface area contributed by atoms with Crippen LogP contribution in [0.25, 0.3) is 11.1 Å². The molecule has 9 heteroatoms. The van der Waals surface area contributed by atoms with E-state index in [4.69, 9.17) is 4.98 Å². The van der Waals surface area contributed by atoms with Gasteiger partial charge in [0.2, 0.25) is 12.3 Å². The van der Waals surface area contributed by atoms with E-state index < -0.39 is 0 Å². The lowest BCUT2D eigenvalue weighted by molar-refractivity contribution is -0.116. The topological polar surface area (TPSA) is 110 Å². The molecule has 2 aliphatic rings. The molecular weight excluding hydrogens is 514 g/mol. The molecule has 0 radical (unpaired) electrons. The largest absolute Gasteiger partial charge is 0.351 e. The summed E-state index contributed by atoms with van der Waals surface area (Å²) in [7, 11) is 3.38. The zero-order chi connectivity index (χ0) is 27.1. The normalized spacial score (nSPS) is 13.2. The minimum atomic E-state index is -0.178. The number of aryl methyl sites for hydroxylation is 2. The third kappa shape index (κ3) is 6.07. The summed E-state index contributed by atoms with van der Waals surface area (Å²) in [5.41, 5.74) is 6.45. The Morgan fingerprint density at radius 2 is 1.74 bits per heavy atom. The number of hydrogen-bond donors (Lipinski definition) is 1. The van der Waals surface area contributed by atoms with Gasteiger partial charge in [-0.15, -0.1) is 11.3 Å². The van der Waals surface area contributed by atoms with E-state index in [0.29, 0.717) is 21.2 Å². The van der Waals surface area contributed by atoms with Crippen LogP contribution in [0.2, 0.25) is 0 Å². The molecule has 0 unspecified atom stereocenters. The fourth-order valence-corrected chi connectivity index (χ4v) is 6.82. The van der Waals surface area contributed by atoms with Crippen LogP contribution < -0.4 is 5.32 Å². The van der Waals surface area contributed by atoms with Crippen molar-refractivity contribution >= 4 is 40.4 Å². The number of nitrogens with zero attached hydrogens (tertiary/aromatic N) is 4. The fraction of sp³-hybridized carbons (Fsp3) is 0.345. The van der Waals surface area contributed by atoms with Crippen molar-refractivity contribution in [2.75, 3.05) is 25.2 Å². The van der Waals surface area contributed by atoms with Gasteiger partial charge < -0.3 is 10.2 Å². The van der Waals surface area contributed by atoms with Crippen molar-refractivity contribution in [2.45, 2.75) is 50.0 Å². The van der Waals surface area contributed by atoms with E-state index in [1.54, 1.807) is 14.1 Å². The predicted octanol–water partition coefficient (Wildman–Crippen LogP) is 5.36. The molecule has 0 fully saturated rings. The predicted molar refractivity (Wildman–Crippen MR) is 151 cm³/mol. The molecule has 0 saturated carbocycles. The summed E-state index contributed by atoms with van der Waals surface area (Å²) in [6.07, 6.45) is 7.71. The maximum atomic E-state index is 12.8. The Labute approximate surface area is 231 Å². The van der Waals surface area contributed by atoms with Gasteiger partial charge in [-0.1, -0.05) is 42.1 Å². The van der Waals surface area contributed by atoms with Gasteiger partial charge in [-0.2, -0.15) is 10.5 Å². The van der Waals surface area contributed by atoms with Crippen LogP contribution in [0.1, 0.15) is 52.1 Å². The lowest BCUT2D eigenvalue weighted by Gasteiger charge is -2.14. The van der Waals surface area contributed by atoms with E-state index in [0.717, 1.165) is 79.3 Å². The van der Waals surface area contributed by atoms with Crippen LogP contribution in [-0.4, -0.2) is 42.0 Å². The first-order valence-corrected chi connectivity index (χ1v) is 14.4. The molecule has 2 heterocycles. The highest BCUT2D eigenvalue weighted by atomic mass is 32.2. The highest BCUT2D eigenvalue weighted by molar-refractivity contribution is 8.00. The number of pyridine rings is 1. The number of nitrogens with one attached hydrogen (secondary N) is 1. The molecule has 3 aromatic rings. The Hall–Kier alpha value is -3.66. The number of amides is 2. The smallest absolute Gasteiger partial charge is 0.235 e. The highest BCUT2D eigenvalue weighted by Gasteiger charge is 2.25. The SMILES string of the molecule is CN(C)C=O.N#Cc1c(NC(=O)CSc2nc3c(c(-c4ccccc4)c2C#N)CCC3)sc2c1CCCC2. The molecule has 0 aliphatic heterocycles. The van der Waals surface area contributed by atoms with E-state index in [2.05, 4.69) is 17.5 Å². The number of aromatic nitrogens is 1. The van der Waals surface area contributed by atoms with Crippen LogP contribution in [0.4, 0.5) is 5.00 Å². The molecule has 38 heavy (non-hydrogen) atoms. The summed E-state index contributed by atoms with van der Waals surface area (Å²) in [6, 6.07) is 14.6. The van der Waals surface area contributed by atoms with E-state index in [1.165, 1.54) is 32.9 Å². The summed E-state index contributed by atoms with van der Waals surface area (Å²) in [4.78, 5) is 29.7. The molecule has 0 saturated heterocycles. The second kappa shape index (κ2) is 12.7. The molecule has 5 rings (SSSR count). The zero-order valence-corrected chi connectivity index (χ0v) is 23.2. The van der Waals surface area contributed by atoms with E-state index in [9.17, 15) is 20.1 Å². The average molecular weight is 544 g/mol. The van der Waals surface area contributed by atoms with Gasteiger partial charge in [0.25, 0.3) is 0 Å². The van der Waals surface area contributed by atoms with Crippen LogP contribution in [0.15, 0.2) is 35.4 Å². The Kier molecular flexibility index (Phi) is 9.17. The summed E-state index contributed by atoms with van der Waals surface area (Å²) in [6.45, 7) is 0. The summed E-state index contributed by atoms with van der Waals surface area (Å²) >= 11 is 2.83. The second-order valence-corrected chi connectivity index (χ2v) is 11.4. The first-order valence-electron chi connectivity index (χ1n) is 12.6. The summed E-state index contributed by atoms with van der Waals surface area (Å²) < 4.78 is 0. The molecule has 2 aromatic heterocycles. The van der Waals surface area contributed by atoms with Gasteiger partial charge in [0.1, 0.15) is 22.2 Å². The summed E-state index contributed by atoms with van der Waals surface area (Å²) in [5, 5.41) is 23.9. The van der Waals surface area contributed by atoms with Gasteiger partial charge in [0.05, 0.1) is 16.9 Å². The maximum absolute atomic E-state index is 12.8. The van der Waals surface area contributed by atoms with Crippen LogP contribution >= 0.6 is 23.1 Å². The lowest BCUT2D eigenvalue weighted by atomic mass is 9.95. The molecule has 1 aromatic carbocycles. The molecule has 0 bridgehead atoms. The number of hydrogen-bond acceptors (Lipinski definition) is 7. The highest BCUT2D eigenvalue weighted by Crippen LogP contribution is 2.39. The number of thiophene rings is 1. The Bertz CT molecular complexity index is 1420.